The molecule has 1 saturated heterocycles. The first-order valence-corrected chi connectivity index (χ1v) is 24.5. The second kappa shape index (κ2) is 24.8. The number of carbonyl (C=O) groups excluding carboxylic acids is 1. The van der Waals surface area contributed by atoms with Gasteiger partial charge in [0.2, 0.25) is 0 Å². The van der Waals surface area contributed by atoms with Gasteiger partial charge >= 0.3 is 0 Å². The fourth-order valence-electron chi connectivity index (χ4n) is 8.35. The van der Waals surface area contributed by atoms with Crippen molar-refractivity contribution in [2.45, 2.75) is 76.3 Å². The summed E-state index contributed by atoms with van der Waals surface area (Å²) in [4.78, 5) is 27.2. The molecule has 2 aromatic heterocycles. The summed E-state index contributed by atoms with van der Waals surface area (Å²) in [5, 5.41) is 12.5. The Bertz CT molecular complexity index is 2510. The van der Waals surface area contributed by atoms with Crippen molar-refractivity contribution in [2.24, 2.45) is 0 Å². The number of aromatic nitrogens is 4. The molecule has 0 radical (unpaired) electrons. The summed E-state index contributed by atoms with van der Waals surface area (Å²) in [5.74, 6) is 1.55. The molecule has 1 unspecified atom stereocenters. The van der Waals surface area contributed by atoms with Gasteiger partial charge in [-0.25, -0.2) is 19.6 Å². The molecule has 364 valence electrons. The van der Waals surface area contributed by atoms with E-state index in [-0.39, 0.29) is 56.7 Å². The lowest BCUT2D eigenvalue weighted by Gasteiger charge is -2.39. The third kappa shape index (κ3) is 12.1. The van der Waals surface area contributed by atoms with Gasteiger partial charge in [0.15, 0.2) is 23.2 Å². The van der Waals surface area contributed by atoms with Gasteiger partial charge in [-0.15, -0.1) is 11.6 Å². The van der Waals surface area contributed by atoms with Crippen LogP contribution in [0.4, 0.5) is 5.82 Å². The molecule has 0 bridgehead atoms. The van der Waals surface area contributed by atoms with Crippen LogP contribution in [0.3, 0.4) is 0 Å². The van der Waals surface area contributed by atoms with Gasteiger partial charge in [-0.1, -0.05) is 72.8 Å². The minimum atomic E-state index is -1.84. The summed E-state index contributed by atoms with van der Waals surface area (Å²) >= 11 is 5.98. The molecule has 69 heavy (non-hydrogen) atoms. The Labute approximate surface area is 409 Å². The van der Waals surface area contributed by atoms with Crippen LogP contribution in [0, 0.1) is 11.3 Å². The van der Waals surface area contributed by atoms with Crippen molar-refractivity contribution in [3.05, 3.63) is 144 Å². The maximum Gasteiger partial charge on any atom is 0.259 e. The van der Waals surface area contributed by atoms with E-state index in [0.717, 1.165) is 16.7 Å². The number of hydrogen-bond donors (Lipinski definition) is 1. The van der Waals surface area contributed by atoms with E-state index in [9.17, 15) is 10.1 Å². The molecule has 3 heterocycles. The Kier molecular flexibility index (Phi) is 18.4. The minimum absolute atomic E-state index is 0.0102. The zero-order chi connectivity index (χ0) is 48.8. The van der Waals surface area contributed by atoms with Crippen molar-refractivity contribution in [1.82, 2.24) is 24.2 Å². The molecule has 1 fully saturated rings. The van der Waals surface area contributed by atoms with Crippen molar-refractivity contribution in [1.29, 1.82) is 5.26 Å². The summed E-state index contributed by atoms with van der Waals surface area (Å²) in [6, 6.07) is 36.6. The largest absolute Gasteiger partial charge is 0.497 e. The van der Waals surface area contributed by atoms with Gasteiger partial charge in [-0.05, 0) is 80.8 Å². The molecule has 4 aromatic carbocycles. The highest BCUT2D eigenvalue weighted by molar-refractivity contribution is 7.44. The van der Waals surface area contributed by atoms with Crippen molar-refractivity contribution in [3.63, 3.8) is 0 Å². The monoisotopic (exact) mass is 979 g/mol. The lowest BCUT2D eigenvalue weighted by atomic mass is 9.80. The highest BCUT2D eigenvalue weighted by atomic mass is 35.5. The van der Waals surface area contributed by atoms with Crippen LogP contribution in [-0.2, 0) is 33.6 Å². The van der Waals surface area contributed by atoms with Crippen LogP contribution in [-0.4, -0.2) is 114 Å². The molecule has 1 amide bonds. The van der Waals surface area contributed by atoms with Crippen molar-refractivity contribution < 1.29 is 42.3 Å². The standard InChI is InChI=1S/C51H59ClN7O9P/c1-35(2)59(36(3)4)69(66-28-13-27-53)68-45-43(32-65-51(38-16-11-8-12-17-38,39-18-22-41(61-5)23-19-39)40-20-24-42(62-6)25-21-40)67-50(46(45)64-31-30-63-29-26-52)58-34-56-44-47(54-33-55-48(44)58)57-49(60)37-14-9-7-10-15-37/h7-12,14-25,33-36,43,45-46,50H,13,26,28-32H2,1-6H3,(H,54,55,57,60)/t43-,45-,46-,50-,69?/m1/s1. The van der Waals surface area contributed by atoms with Gasteiger partial charge in [0.1, 0.15) is 41.7 Å². The first-order valence-electron chi connectivity index (χ1n) is 22.8. The second-order valence-corrected chi connectivity index (χ2v) is 18.3. The molecule has 18 heteroatoms. The highest BCUT2D eigenvalue weighted by Crippen LogP contribution is 2.51. The Morgan fingerprint density at radius 1 is 0.826 bits per heavy atom. The first-order chi connectivity index (χ1) is 33.6. The summed E-state index contributed by atoms with van der Waals surface area (Å²) < 4.78 is 56.2. The number of ether oxygens (including phenoxy) is 6. The summed E-state index contributed by atoms with van der Waals surface area (Å²) in [5.41, 5.74) is 2.45. The normalized spacial score (nSPS) is 17.6. The van der Waals surface area contributed by atoms with Gasteiger partial charge in [-0.3, -0.25) is 9.36 Å². The van der Waals surface area contributed by atoms with E-state index >= 15 is 0 Å². The number of hydrogen-bond acceptors (Lipinski definition) is 14. The molecule has 0 spiro atoms. The topological polar surface area (TPSA) is 174 Å². The number of nitrogens with one attached hydrogen (secondary N) is 1. The van der Waals surface area contributed by atoms with Gasteiger partial charge in [0, 0.05) is 23.5 Å². The average Bonchev–Trinajstić information content (AvgIpc) is 3.96. The smallest absolute Gasteiger partial charge is 0.259 e. The Hall–Kier alpha value is -5.57. The number of rotatable bonds is 25. The fourth-order valence-corrected chi connectivity index (χ4v) is 10.2. The lowest BCUT2D eigenvalue weighted by molar-refractivity contribution is -0.0970. The molecular formula is C51H59ClN7O9P. The number of carbonyl (C=O) groups is 1. The number of amides is 1. The van der Waals surface area contributed by atoms with Crippen LogP contribution in [0.15, 0.2) is 122 Å². The average molecular weight is 980 g/mol. The third-order valence-corrected chi connectivity index (χ3v) is 13.7. The molecule has 16 nitrogen and oxygen atoms in total. The van der Waals surface area contributed by atoms with E-state index in [4.69, 9.17) is 54.1 Å². The number of imidazole rings is 1. The lowest BCUT2D eigenvalue weighted by Crippen LogP contribution is -2.43. The number of anilines is 1. The maximum atomic E-state index is 13.4. The molecule has 6 aromatic rings. The second-order valence-electron chi connectivity index (χ2n) is 16.5. The quantitative estimate of drug-likeness (QED) is 0.0249. The molecular weight excluding hydrogens is 921 g/mol. The van der Waals surface area contributed by atoms with Gasteiger partial charge < -0.3 is 42.8 Å². The predicted octanol–water partition coefficient (Wildman–Crippen LogP) is 9.30. The highest BCUT2D eigenvalue weighted by Gasteiger charge is 2.52. The molecule has 7 rings (SSSR count). The van der Waals surface area contributed by atoms with E-state index in [0.29, 0.717) is 40.7 Å². The maximum absolute atomic E-state index is 13.4. The summed E-state index contributed by atoms with van der Waals surface area (Å²) in [6.45, 7) is 9.11. The van der Waals surface area contributed by atoms with Crippen LogP contribution >= 0.6 is 20.1 Å². The minimum Gasteiger partial charge on any atom is -0.497 e. The van der Waals surface area contributed by atoms with Gasteiger partial charge in [0.25, 0.3) is 14.4 Å². The third-order valence-electron chi connectivity index (χ3n) is 11.5. The number of alkyl halides is 1. The summed E-state index contributed by atoms with van der Waals surface area (Å²) in [7, 11) is 1.42. The van der Waals surface area contributed by atoms with Crippen LogP contribution < -0.4 is 14.8 Å². The van der Waals surface area contributed by atoms with Crippen LogP contribution in [0.5, 0.6) is 11.5 Å². The van der Waals surface area contributed by atoms with Crippen LogP contribution in [0.2, 0.25) is 0 Å². The molecule has 1 aliphatic heterocycles. The summed E-state index contributed by atoms with van der Waals surface area (Å²) in [6.07, 6.45) is -0.375. The van der Waals surface area contributed by atoms with E-state index in [1.165, 1.54) is 6.33 Å². The number of nitrogens with zero attached hydrogens (tertiary/aromatic N) is 6. The first kappa shape index (κ1) is 51.3. The predicted molar refractivity (Wildman–Crippen MR) is 263 cm³/mol. The fraction of sp³-hybridized carbons (Fsp3) is 0.392. The van der Waals surface area contributed by atoms with Gasteiger partial charge in [0.05, 0.1) is 66.1 Å². The van der Waals surface area contributed by atoms with E-state index < -0.39 is 38.7 Å². The molecule has 0 saturated carbocycles. The van der Waals surface area contributed by atoms with Crippen LogP contribution in [0.1, 0.15) is 67.4 Å². The van der Waals surface area contributed by atoms with Crippen LogP contribution in [0.25, 0.3) is 11.2 Å². The number of nitriles is 1. The van der Waals surface area contributed by atoms with Crippen molar-refractivity contribution in [2.75, 3.05) is 58.5 Å². The Morgan fingerprint density at radius 2 is 1.45 bits per heavy atom. The van der Waals surface area contributed by atoms with E-state index in [1.807, 2.05) is 84.9 Å². The molecule has 1 N–H and O–H groups in total. The molecule has 5 atom stereocenters. The number of methoxy groups -OCH3 is 2. The van der Waals surface area contributed by atoms with E-state index in [2.05, 4.69) is 53.7 Å². The molecule has 1 aliphatic rings. The number of fused-ring (bicyclic) bond motifs is 1. The zero-order valence-electron chi connectivity index (χ0n) is 39.6. The van der Waals surface area contributed by atoms with Crippen molar-refractivity contribution >= 4 is 43.0 Å². The number of halogens is 1. The zero-order valence-corrected chi connectivity index (χ0v) is 41.3. The Morgan fingerprint density at radius 3 is 2.04 bits per heavy atom. The SMILES string of the molecule is COc1ccc(C(OC[C@H]2O[C@@H](n3cnc4c(NC(=O)c5ccccc5)ncnc43)[C@H](OCCOCCCl)[C@@H]2OP(OCCC#N)N(C(C)C)C(C)C)(c2ccccc2)c2ccc(OC)cc2)cc1. The molecule has 0 aliphatic carbocycles. The van der Waals surface area contributed by atoms with E-state index in [1.54, 1.807) is 49.4 Å². The van der Waals surface area contributed by atoms with Crippen molar-refractivity contribution in [3.8, 4) is 17.6 Å². The van der Waals surface area contributed by atoms with Gasteiger partial charge in [-0.2, -0.15) is 5.26 Å². The number of benzene rings is 4. The Balaban J connectivity index is 1.36.